The monoisotopic (exact) mass is 266 g/mol. The van der Waals surface area contributed by atoms with Gasteiger partial charge >= 0.3 is 5.97 Å². The number of esters is 1. The Morgan fingerprint density at radius 3 is 2.78 bits per heavy atom. The van der Waals surface area contributed by atoms with E-state index < -0.39 is 11.0 Å². The topological polar surface area (TPSA) is 81.8 Å². The zero-order chi connectivity index (χ0) is 13.0. The Labute approximate surface area is 107 Å². The van der Waals surface area contributed by atoms with Gasteiger partial charge in [0.1, 0.15) is 6.61 Å². The summed E-state index contributed by atoms with van der Waals surface area (Å²) in [4.78, 5) is 25.5. The number of carbonyl (C=O) groups is 1. The second-order valence-electron chi connectivity index (χ2n) is 3.63. The quantitative estimate of drug-likeness (QED) is 0.471. The number of carbonyl (C=O) groups excluding carboxylic acids is 1. The van der Waals surface area contributed by atoms with E-state index in [1.165, 1.54) is 23.9 Å². The van der Waals surface area contributed by atoms with Crippen molar-refractivity contribution >= 4 is 29.0 Å². The summed E-state index contributed by atoms with van der Waals surface area (Å²) in [6.07, 6.45) is 0. The van der Waals surface area contributed by atoms with E-state index in [9.17, 15) is 14.9 Å². The summed E-state index contributed by atoms with van der Waals surface area (Å²) in [6.45, 7) is 0.105. The van der Waals surface area contributed by atoms with Gasteiger partial charge in [-0.25, -0.2) is 4.79 Å². The molecule has 18 heavy (non-hydrogen) atoms. The summed E-state index contributed by atoms with van der Waals surface area (Å²) < 4.78 is 5.08. The van der Waals surface area contributed by atoms with Crippen LogP contribution < -0.4 is 0 Å². The molecule has 1 heterocycles. The SMILES string of the molecule is O=C(OCc1ccc([N+](=O)[O-])cc1)[C@@H]1CSC=N1. The number of nitro groups is 1. The molecule has 1 aromatic carbocycles. The minimum atomic E-state index is -0.472. The Bertz CT molecular complexity index is 486. The fraction of sp³-hybridized carbons (Fsp3) is 0.273. The predicted molar refractivity (Wildman–Crippen MR) is 67.6 cm³/mol. The first-order valence-corrected chi connectivity index (χ1v) is 6.25. The van der Waals surface area contributed by atoms with Crippen LogP contribution in [0.3, 0.4) is 0 Å². The van der Waals surface area contributed by atoms with Crippen LogP contribution in [0.25, 0.3) is 0 Å². The molecule has 0 unspecified atom stereocenters. The van der Waals surface area contributed by atoms with Gasteiger partial charge in [0, 0.05) is 17.9 Å². The zero-order valence-corrected chi connectivity index (χ0v) is 10.1. The number of nitro benzene ring substituents is 1. The van der Waals surface area contributed by atoms with Crippen LogP contribution in [0, 0.1) is 10.1 Å². The van der Waals surface area contributed by atoms with E-state index in [1.54, 1.807) is 17.7 Å². The van der Waals surface area contributed by atoms with E-state index in [0.29, 0.717) is 11.3 Å². The smallest absolute Gasteiger partial charge is 0.332 e. The fourth-order valence-corrected chi connectivity index (χ4v) is 2.11. The predicted octanol–water partition coefficient (Wildman–Crippen LogP) is 1.78. The number of ether oxygens (including phenoxy) is 1. The van der Waals surface area contributed by atoms with Gasteiger partial charge in [0.05, 0.1) is 10.5 Å². The highest BCUT2D eigenvalue weighted by atomic mass is 32.2. The maximum absolute atomic E-state index is 11.5. The summed E-state index contributed by atoms with van der Waals surface area (Å²) in [6, 6.07) is 5.48. The highest BCUT2D eigenvalue weighted by molar-refractivity contribution is 8.12. The van der Waals surface area contributed by atoms with Crippen molar-refractivity contribution < 1.29 is 14.5 Å². The van der Waals surface area contributed by atoms with Gasteiger partial charge in [-0.1, -0.05) is 0 Å². The lowest BCUT2D eigenvalue weighted by Crippen LogP contribution is -2.21. The molecule has 1 aliphatic rings. The van der Waals surface area contributed by atoms with Gasteiger partial charge in [0.25, 0.3) is 5.69 Å². The fourth-order valence-electron chi connectivity index (χ4n) is 1.39. The summed E-state index contributed by atoms with van der Waals surface area (Å²) in [5.41, 5.74) is 2.36. The van der Waals surface area contributed by atoms with Crippen LogP contribution in [0.1, 0.15) is 5.56 Å². The standard InChI is InChI=1S/C11H10N2O4S/c14-11(10-6-18-7-12-10)17-5-8-1-3-9(4-2-8)13(15)16/h1-4,7,10H,5-6H2/t10-/m0/s1. The van der Waals surface area contributed by atoms with E-state index in [2.05, 4.69) is 4.99 Å². The average molecular weight is 266 g/mol. The van der Waals surface area contributed by atoms with E-state index in [0.717, 1.165) is 0 Å². The lowest BCUT2D eigenvalue weighted by molar-refractivity contribution is -0.384. The van der Waals surface area contributed by atoms with Crippen LogP contribution in [-0.4, -0.2) is 28.2 Å². The highest BCUT2D eigenvalue weighted by Gasteiger charge is 2.21. The molecule has 1 aliphatic heterocycles. The van der Waals surface area contributed by atoms with Crippen molar-refractivity contribution in [1.29, 1.82) is 0 Å². The van der Waals surface area contributed by atoms with E-state index >= 15 is 0 Å². The molecule has 94 valence electrons. The molecule has 7 heteroatoms. The number of hydrogen-bond donors (Lipinski definition) is 0. The van der Waals surface area contributed by atoms with Crippen molar-refractivity contribution in [1.82, 2.24) is 0 Å². The average Bonchev–Trinajstić information content (AvgIpc) is 2.90. The van der Waals surface area contributed by atoms with Crippen molar-refractivity contribution in [3.05, 3.63) is 39.9 Å². The Morgan fingerprint density at radius 1 is 1.50 bits per heavy atom. The zero-order valence-electron chi connectivity index (χ0n) is 9.31. The maximum atomic E-state index is 11.5. The minimum absolute atomic E-state index is 0.0156. The summed E-state index contributed by atoms with van der Waals surface area (Å²) in [5, 5.41) is 10.5. The lowest BCUT2D eigenvalue weighted by Gasteiger charge is -2.07. The summed E-state index contributed by atoms with van der Waals surface area (Å²) >= 11 is 1.47. The first kappa shape index (κ1) is 12.6. The highest BCUT2D eigenvalue weighted by Crippen LogP contribution is 2.15. The van der Waals surface area contributed by atoms with Gasteiger partial charge in [-0.2, -0.15) is 0 Å². The van der Waals surface area contributed by atoms with E-state index in [1.807, 2.05) is 0 Å². The van der Waals surface area contributed by atoms with Crippen LogP contribution in [0.5, 0.6) is 0 Å². The molecule has 1 atom stereocenters. The van der Waals surface area contributed by atoms with Crippen LogP contribution >= 0.6 is 11.8 Å². The van der Waals surface area contributed by atoms with Crippen LogP contribution in [0.4, 0.5) is 5.69 Å². The van der Waals surface area contributed by atoms with Crippen molar-refractivity contribution in [2.75, 3.05) is 5.75 Å². The van der Waals surface area contributed by atoms with E-state index in [4.69, 9.17) is 4.74 Å². The summed E-state index contributed by atoms with van der Waals surface area (Å²) in [7, 11) is 0. The van der Waals surface area contributed by atoms with Gasteiger partial charge in [0.2, 0.25) is 0 Å². The number of thioether (sulfide) groups is 1. The largest absolute Gasteiger partial charge is 0.459 e. The Kier molecular flexibility index (Phi) is 3.93. The molecule has 0 saturated heterocycles. The van der Waals surface area contributed by atoms with Crippen molar-refractivity contribution in [3.63, 3.8) is 0 Å². The third kappa shape index (κ3) is 3.07. The number of benzene rings is 1. The van der Waals surface area contributed by atoms with Crippen LogP contribution in [0.2, 0.25) is 0 Å². The molecule has 0 N–H and O–H groups in total. The Morgan fingerprint density at radius 2 is 2.22 bits per heavy atom. The van der Waals surface area contributed by atoms with E-state index in [-0.39, 0.29) is 18.3 Å². The summed E-state index contributed by atoms with van der Waals surface area (Å²) in [5.74, 6) is 0.244. The van der Waals surface area contributed by atoms with Gasteiger partial charge < -0.3 is 4.74 Å². The minimum Gasteiger partial charge on any atom is -0.459 e. The van der Waals surface area contributed by atoms with Crippen molar-refractivity contribution in [2.24, 2.45) is 4.99 Å². The maximum Gasteiger partial charge on any atom is 0.332 e. The molecular formula is C11H10N2O4S. The number of hydrogen-bond acceptors (Lipinski definition) is 6. The van der Waals surface area contributed by atoms with Crippen molar-refractivity contribution in [3.8, 4) is 0 Å². The number of nitrogens with zero attached hydrogens (tertiary/aromatic N) is 2. The first-order chi connectivity index (χ1) is 8.66. The third-order valence-electron chi connectivity index (χ3n) is 2.37. The van der Waals surface area contributed by atoms with Crippen LogP contribution in [0.15, 0.2) is 29.3 Å². The lowest BCUT2D eigenvalue weighted by atomic mass is 10.2. The molecule has 0 aromatic heterocycles. The molecular weight excluding hydrogens is 256 g/mol. The molecule has 0 amide bonds. The molecule has 0 spiro atoms. The Balaban J connectivity index is 1.88. The van der Waals surface area contributed by atoms with Crippen LogP contribution in [-0.2, 0) is 16.1 Å². The second kappa shape index (κ2) is 5.63. The van der Waals surface area contributed by atoms with Gasteiger partial charge in [-0.15, -0.1) is 11.8 Å². The van der Waals surface area contributed by atoms with Gasteiger partial charge in [-0.3, -0.25) is 15.1 Å². The number of non-ortho nitro benzene ring substituents is 1. The molecule has 0 fully saturated rings. The molecule has 0 aliphatic carbocycles. The molecule has 0 bridgehead atoms. The molecule has 0 radical (unpaired) electrons. The molecule has 0 saturated carbocycles. The van der Waals surface area contributed by atoms with Gasteiger partial charge in [-0.05, 0) is 17.7 Å². The third-order valence-corrected chi connectivity index (χ3v) is 3.15. The number of aliphatic imine (C=N–C) groups is 1. The van der Waals surface area contributed by atoms with Crippen molar-refractivity contribution in [2.45, 2.75) is 12.6 Å². The second-order valence-corrected chi connectivity index (χ2v) is 4.51. The molecule has 6 nitrogen and oxygen atoms in total. The first-order valence-electron chi connectivity index (χ1n) is 5.20. The van der Waals surface area contributed by atoms with Gasteiger partial charge in [0.15, 0.2) is 6.04 Å². The Hall–Kier alpha value is -1.89. The number of rotatable bonds is 4. The molecule has 2 rings (SSSR count). The normalized spacial score (nSPS) is 17.7. The molecule has 1 aromatic rings.